The van der Waals surface area contributed by atoms with Gasteiger partial charge in [0.05, 0.1) is 4.90 Å². The molecule has 0 unspecified atom stereocenters. The Labute approximate surface area is 179 Å². The van der Waals surface area contributed by atoms with Gasteiger partial charge in [-0.15, -0.1) is 0 Å². The summed E-state index contributed by atoms with van der Waals surface area (Å²) < 4.78 is 32.3. The van der Waals surface area contributed by atoms with E-state index in [4.69, 9.17) is 4.74 Å². The highest BCUT2D eigenvalue weighted by Crippen LogP contribution is 2.23. The number of hydrogen-bond acceptors (Lipinski definition) is 4. The highest BCUT2D eigenvalue weighted by atomic mass is 79.9. The monoisotopic (exact) mass is 467 g/mol. The van der Waals surface area contributed by atoms with Crippen molar-refractivity contribution in [1.29, 1.82) is 5.26 Å². The maximum absolute atomic E-state index is 12.8. The summed E-state index contributed by atoms with van der Waals surface area (Å²) in [6.45, 7) is 2.25. The summed E-state index contributed by atoms with van der Waals surface area (Å²) in [7, 11) is -3.88. The number of rotatable bonds is 6. The summed E-state index contributed by atoms with van der Waals surface area (Å²) in [5, 5.41) is 9.45. The first-order valence-electron chi connectivity index (χ1n) is 8.79. The maximum atomic E-state index is 12.8. The van der Waals surface area contributed by atoms with E-state index in [0.717, 1.165) is 15.6 Å². The van der Waals surface area contributed by atoms with Crippen molar-refractivity contribution in [2.45, 2.75) is 18.4 Å². The fraction of sp³-hybridized carbons (Fsp3) is 0.0870. The second-order valence-corrected chi connectivity index (χ2v) is 9.26. The quantitative estimate of drug-likeness (QED) is 0.437. The Morgan fingerprint density at radius 3 is 2.41 bits per heavy atom. The van der Waals surface area contributed by atoms with Gasteiger partial charge in [0, 0.05) is 4.47 Å². The van der Waals surface area contributed by atoms with Crippen LogP contribution in [0.4, 0.5) is 0 Å². The molecule has 0 atom stereocenters. The minimum Gasteiger partial charge on any atom is -0.489 e. The van der Waals surface area contributed by atoms with Gasteiger partial charge in [0.2, 0.25) is 9.84 Å². The van der Waals surface area contributed by atoms with Crippen LogP contribution in [-0.2, 0) is 16.4 Å². The number of allylic oxidation sites excluding steroid dienone is 1. The van der Waals surface area contributed by atoms with Crippen LogP contribution in [0.25, 0.3) is 6.08 Å². The second kappa shape index (κ2) is 9.08. The molecular formula is C23H18BrNO3S. The van der Waals surface area contributed by atoms with E-state index in [1.807, 2.05) is 37.3 Å². The maximum Gasteiger partial charge on any atom is 0.216 e. The Morgan fingerprint density at radius 1 is 1.07 bits per heavy atom. The first-order valence-corrected chi connectivity index (χ1v) is 11.1. The van der Waals surface area contributed by atoms with Crippen LogP contribution in [0.2, 0.25) is 0 Å². The minimum absolute atomic E-state index is 0.0959. The molecule has 3 aromatic carbocycles. The van der Waals surface area contributed by atoms with Gasteiger partial charge in [-0.2, -0.15) is 5.26 Å². The molecule has 146 valence electrons. The summed E-state index contributed by atoms with van der Waals surface area (Å²) in [6.07, 6.45) is 1.36. The van der Waals surface area contributed by atoms with E-state index in [9.17, 15) is 13.7 Å². The molecule has 0 radical (unpaired) electrons. The molecule has 6 heteroatoms. The predicted molar refractivity (Wildman–Crippen MR) is 117 cm³/mol. The smallest absolute Gasteiger partial charge is 0.216 e. The van der Waals surface area contributed by atoms with Crippen molar-refractivity contribution < 1.29 is 13.2 Å². The van der Waals surface area contributed by atoms with E-state index in [1.54, 1.807) is 36.4 Å². The van der Waals surface area contributed by atoms with Gasteiger partial charge in [-0.05, 0) is 60.5 Å². The first kappa shape index (κ1) is 20.8. The fourth-order valence-electron chi connectivity index (χ4n) is 2.61. The molecule has 0 aromatic heterocycles. The van der Waals surface area contributed by atoms with Gasteiger partial charge in [0.25, 0.3) is 0 Å². The van der Waals surface area contributed by atoms with Gasteiger partial charge >= 0.3 is 0 Å². The largest absolute Gasteiger partial charge is 0.489 e. The third-order valence-corrected chi connectivity index (χ3v) is 6.42. The summed E-state index contributed by atoms with van der Waals surface area (Å²) in [5.74, 6) is 0.590. The number of sulfone groups is 1. The molecule has 3 aromatic rings. The van der Waals surface area contributed by atoms with Crippen LogP contribution in [0, 0.1) is 18.3 Å². The number of nitriles is 1. The number of benzene rings is 3. The Morgan fingerprint density at radius 2 is 1.76 bits per heavy atom. The number of aryl methyl sites for hydroxylation is 1. The molecule has 0 amide bonds. The molecule has 4 nitrogen and oxygen atoms in total. The standard InChI is InChI=1S/C23H18BrNO3S/c1-17-5-11-22(12-6-17)29(26,27)23(15-25)14-19-3-2-4-21(13-19)28-16-18-7-9-20(24)10-8-18/h2-14H,16H2,1H3. The first-order chi connectivity index (χ1) is 13.9. The van der Waals surface area contributed by atoms with Gasteiger partial charge in [0.15, 0.2) is 0 Å². The molecule has 0 aliphatic carbocycles. The van der Waals surface area contributed by atoms with Crippen LogP contribution in [0.1, 0.15) is 16.7 Å². The van der Waals surface area contributed by atoms with Crippen LogP contribution in [-0.4, -0.2) is 8.42 Å². The molecule has 0 aliphatic rings. The van der Waals surface area contributed by atoms with Gasteiger partial charge in [-0.3, -0.25) is 0 Å². The Bertz CT molecular complexity index is 1180. The van der Waals surface area contributed by atoms with Crippen LogP contribution >= 0.6 is 15.9 Å². The van der Waals surface area contributed by atoms with Crippen LogP contribution in [0.15, 0.2) is 87.1 Å². The molecule has 3 rings (SSSR count). The Kier molecular flexibility index (Phi) is 6.53. The van der Waals surface area contributed by atoms with E-state index in [0.29, 0.717) is 17.9 Å². The Hall–Kier alpha value is -2.88. The number of nitrogens with zero attached hydrogens (tertiary/aromatic N) is 1. The van der Waals surface area contributed by atoms with Crippen molar-refractivity contribution in [1.82, 2.24) is 0 Å². The van der Waals surface area contributed by atoms with Crippen molar-refractivity contribution in [3.05, 3.63) is 98.9 Å². The number of ether oxygens (including phenoxy) is 1. The highest BCUT2D eigenvalue weighted by Gasteiger charge is 2.20. The molecule has 0 aliphatic heterocycles. The van der Waals surface area contributed by atoms with E-state index in [-0.39, 0.29) is 9.80 Å². The van der Waals surface area contributed by atoms with Gasteiger partial charge in [-0.1, -0.05) is 57.9 Å². The molecule has 0 heterocycles. The molecule has 0 N–H and O–H groups in total. The summed E-state index contributed by atoms with van der Waals surface area (Å²) >= 11 is 3.39. The van der Waals surface area contributed by atoms with E-state index < -0.39 is 9.84 Å². The zero-order chi connectivity index (χ0) is 20.9. The van der Waals surface area contributed by atoms with Crippen LogP contribution in [0.3, 0.4) is 0 Å². The molecule has 0 bridgehead atoms. The summed E-state index contributed by atoms with van der Waals surface area (Å²) in [4.78, 5) is -0.218. The van der Waals surface area contributed by atoms with Crippen molar-refractivity contribution in [3.63, 3.8) is 0 Å². The predicted octanol–water partition coefficient (Wildman–Crippen LogP) is 5.67. The zero-order valence-corrected chi connectivity index (χ0v) is 18.1. The minimum atomic E-state index is -3.88. The van der Waals surface area contributed by atoms with Crippen LogP contribution in [0.5, 0.6) is 5.75 Å². The SMILES string of the molecule is Cc1ccc(S(=O)(=O)C(C#N)=Cc2cccc(OCc3ccc(Br)cc3)c2)cc1. The highest BCUT2D eigenvalue weighted by molar-refractivity contribution is 9.10. The lowest BCUT2D eigenvalue weighted by molar-refractivity contribution is 0.306. The second-order valence-electron chi connectivity index (χ2n) is 6.42. The third kappa shape index (κ3) is 5.35. The number of halogens is 1. The van der Waals surface area contributed by atoms with E-state index in [2.05, 4.69) is 15.9 Å². The van der Waals surface area contributed by atoms with Gasteiger partial charge in [-0.25, -0.2) is 8.42 Å². The lowest BCUT2D eigenvalue weighted by Crippen LogP contribution is -2.03. The zero-order valence-electron chi connectivity index (χ0n) is 15.7. The molecule has 0 fully saturated rings. The third-order valence-electron chi connectivity index (χ3n) is 4.21. The lowest BCUT2D eigenvalue weighted by Gasteiger charge is -2.08. The van der Waals surface area contributed by atoms with E-state index >= 15 is 0 Å². The van der Waals surface area contributed by atoms with Crippen molar-refractivity contribution in [2.75, 3.05) is 0 Å². The van der Waals surface area contributed by atoms with Gasteiger partial charge < -0.3 is 4.74 Å². The van der Waals surface area contributed by atoms with Crippen molar-refractivity contribution in [3.8, 4) is 11.8 Å². The normalized spacial score (nSPS) is 11.7. The van der Waals surface area contributed by atoms with Gasteiger partial charge in [0.1, 0.15) is 23.3 Å². The molecule has 0 spiro atoms. The summed E-state index contributed by atoms with van der Waals surface area (Å²) in [6, 6.07) is 23.0. The van der Waals surface area contributed by atoms with Crippen molar-refractivity contribution in [2.24, 2.45) is 0 Å². The molecule has 0 saturated carbocycles. The fourth-order valence-corrected chi connectivity index (χ4v) is 4.03. The van der Waals surface area contributed by atoms with E-state index in [1.165, 1.54) is 18.2 Å². The molecule has 29 heavy (non-hydrogen) atoms. The molecular weight excluding hydrogens is 450 g/mol. The number of hydrogen-bond donors (Lipinski definition) is 0. The molecule has 0 saturated heterocycles. The average molecular weight is 468 g/mol. The topological polar surface area (TPSA) is 67.2 Å². The van der Waals surface area contributed by atoms with Crippen molar-refractivity contribution >= 4 is 31.8 Å². The van der Waals surface area contributed by atoms with Crippen LogP contribution < -0.4 is 4.74 Å². The summed E-state index contributed by atoms with van der Waals surface area (Å²) in [5.41, 5.74) is 2.53. The lowest BCUT2D eigenvalue weighted by atomic mass is 10.2. The Balaban J connectivity index is 1.82. The average Bonchev–Trinajstić information content (AvgIpc) is 2.72.